The van der Waals surface area contributed by atoms with Crippen LogP contribution in [0.5, 0.6) is 0 Å². The van der Waals surface area contributed by atoms with Gasteiger partial charge in [0.05, 0.1) is 11.2 Å². The van der Waals surface area contributed by atoms with Gasteiger partial charge >= 0.3 is 0 Å². The number of nitrogens with zero attached hydrogens (tertiary/aromatic N) is 3. The van der Waals surface area contributed by atoms with Gasteiger partial charge in [-0.3, -0.25) is 4.79 Å². The zero-order valence-electron chi connectivity index (χ0n) is 11.7. The van der Waals surface area contributed by atoms with E-state index in [-0.39, 0.29) is 11.0 Å². The fourth-order valence-electron chi connectivity index (χ4n) is 3.07. The van der Waals surface area contributed by atoms with Gasteiger partial charge in [0.2, 0.25) is 0 Å². The van der Waals surface area contributed by atoms with Gasteiger partial charge in [0.15, 0.2) is 0 Å². The zero-order valence-corrected chi connectivity index (χ0v) is 11.7. The Morgan fingerprint density at radius 3 is 2.68 bits per heavy atom. The second-order valence-corrected chi connectivity index (χ2v) is 5.27. The molecule has 5 nitrogen and oxygen atoms in total. The van der Waals surface area contributed by atoms with Crippen LogP contribution in [0.3, 0.4) is 0 Å². The predicted molar refractivity (Wildman–Crippen MR) is 82.5 cm³/mol. The Morgan fingerprint density at radius 1 is 1.09 bits per heavy atom. The van der Waals surface area contributed by atoms with Crippen molar-refractivity contribution >= 4 is 10.9 Å². The van der Waals surface area contributed by atoms with Gasteiger partial charge in [0.1, 0.15) is 0 Å². The summed E-state index contributed by atoms with van der Waals surface area (Å²) in [5.74, 6) is 0. The summed E-state index contributed by atoms with van der Waals surface area (Å²) in [6, 6.07) is 15.6. The minimum atomic E-state index is -0.361. The Labute approximate surface area is 125 Å². The average Bonchev–Trinajstić information content (AvgIpc) is 2.95. The van der Waals surface area contributed by atoms with Gasteiger partial charge in [-0.15, -0.1) is 0 Å². The third-order valence-corrected chi connectivity index (χ3v) is 4.05. The molecule has 1 aliphatic heterocycles. The van der Waals surface area contributed by atoms with Crippen LogP contribution >= 0.6 is 0 Å². The molecule has 3 aromatic rings. The number of hydrogen-bond donors (Lipinski definition) is 1. The number of rotatable bonds is 1. The summed E-state index contributed by atoms with van der Waals surface area (Å²) in [7, 11) is 0. The summed E-state index contributed by atoms with van der Waals surface area (Å²) in [6.07, 6.45) is 0.801. The monoisotopic (exact) mass is 291 g/mol. The molecule has 108 valence electrons. The van der Waals surface area contributed by atoms with Gasteiger partial charge in [-0.25, -0.2) is 4.98 Å². The molecule has 1 aromatic heterocycles. The fraction of sp³-hybridized carbons (Fsp3) is 0.118. The summed E-state index contributed by atoms with van der Waals surface area (Å²) in [6.45, 7) is 0.585. The van der Waals surface area contributed by atoms with E-state index in [0.717, 1.165) is 28.5 Å². The highest BCUT2D eigenvalue weighted by molar-refractivity contribution is 5.94. The smallest absolute Gasteiger partial charge is 0.299 e. The molecular formula is C17H13N3O2. The topological polar surface area (TPSA) is 67.5 Å². The molecule has 5 heteroatoms. The van der Waals surface area contributed by atoms with Crippen molar-refractivity contribution in [3.8, 4) is 11.3 Å². The van der Waals surface area contributed by atoms with Crippen LogP contribution in [-0.2, 0) is 13.0 Å². The maximum Gasteiger partial charge on any atom is 0.299 e. The van der Waals surface area contributed by atoms with Crippen molar-refractivity contribution in [3.05, 3.63) is 69.9 Å². The first kappa shape index (κ1) is 12.8. The molecule has 22 heavy (non-hydrogen) atoms. The minimum Gasteiger partial charge on any atom is -0.409 e. The first-order valence-electron chi connectivity index (χ1n) is 7.10. The number of aryl methyl sites for hydroxylation is 2. The standard InChI is InChI=1S/C17H13N3O2/c21-17-16(19-22)18-14(11-5-2-1-3-6-11)13-8-4-7-12-9-10-20(17)15(12)13/h1-8,22H,9-10H2/b19-16-. The maximum atomic E-state index is 12.5. The van der Waals surface area contributed by atoms with Crippen molar-refractivity contribution in [3.63, 3.8) is 0 Å². The number of para-hydroxylation sites is 1. The molecular weight excluding hydrogens is 278 g/mol. The summed E-state index contributed by atoms with van der Waals surface area (Å²) in [4.78, 5) is 16.8. The zero-order chi connectivity index (χ0) is 15.1. The molecule has 0 fully saturated rings. The van der Waals surface area contributed by atoms with Gasteiger partial charge in [0.25, 0.3) is 11.0 Å². The van der Waals surface area contributed by atoms with E-state index in [9.17, 15) is 10.0 Å². The van der Waals surface area contributed by atoms with Crippen LogP contribution in [0.4, 0.5) is 0 Å². The van der Waals surface area contributed by atoms with Gasteiger partial charge in [-0.2, -0.15) is 0 Å². The summed E-state index contributed by atoms with van der Waals surface area (Å²) >= 11 is 0. The molecule has 2 aromatic carbocycles. The van der Waals surface area contributed by atoms with Crippen LogP contribution in [0.15, 0.2) is 58.5 Å². The van der Waals surface area contributed by atoms with Crippen molar-refractivity contribution < 1.29 is 5.21 Å². The Kier molecular flexibility index (Phi) is 2.79. The van der Waals surface area contributed by atoms with Crippen molar-refractivity contribution in [2.45, 2.75) is 13.0 Å². The quantitative estimate of drug-likeness (QED) is 0.550. The lowest BCUT2D eigenvalue weighted by molar-refractivity contribution is 0.297. The Morgan fingerprint density at radius 2 is 1.91 bits per heavy atom. The van der Waals surface area contributed by atoms with E-state index in [1.807, 2.05) is 48.5 Å². The Bertz CT molecular complexity index is 1010. The third kappa shape index (κ3) is 1.75. The molecule has 4 rings (SSSR count). The largest absolute Gasteiger partial charge is 0.409 e. The average molecular weight is 291 g/mol. The van der Waals surface area contributed by atoms with E-state index < -0.39 is 0 Å². The Balaban J connectivity index is 2.29. The Hall–Kier alpha value is -2.95. The van der Waals surface area contributed by atoms with Gasteiger partial charge in [0, 0.05) is 17.5 Å². The molecule has 0 saturated carbocycles. The molecule has 0 radical (unpaired) electrons. The maximum absolute atomic E-state index is 12.5. The lowest BCUT2D eigenvalue weighted by Crippen LogP contribution is -2.33. The van der Waals surface area contributed by atoms with Crippen molar-refractivity contribution in [1.82, 2.24) is 9.55 Å². The van der Waals surface area contributed by atoms with Crippen LogP contribution in [-0.4, -0.2) is 14.8 Å². The lowest BCUT2D eigenvalue weighted by Gasteiger charge is -2.03. The second-order valence-electron chi connectivity index (χ2n) is 5.27. The van der Waals surface area contributed by atoms with E-state index in [1.165, 1.54) is 0 Å². The highest BCUT2D eigenvalue weighted by Crippen LogP contribution is 2.29. The highest BCUT2D eigenvalue weighted by Gasteiger charge is 2.18. The molecule has 0 bridgehead atoms. The third-order valence-electron chi connectivity index (χ3n) is 4.05. The number of hydrogen-bond acceptors (Lipinski definition) is 4. The minimum absolute atomic E-state index is 0.178. The van der Waals surface area contributed by atoms with Crippen molar-refractivity contribution in [2.24, 2.45) is 5.16 Å². The molecule has 0 amide bonds. The molecule has 0 aliphatic carbocycles. The predicted octanol–water partition coefficient (Wildman–Crippen LogP) is 1.91. The molecule has 1 aliphatic rings. The molecule has 1 N–H and O–H groups in total. The molecule has 0 unspecified atom stereocenters. The molecule has 0 atom stereocenters. The van der Waals surface area contributed by atoms with E-state index in [4.69, 9.17) is 0 Å². The van der Waals surface area contributed by atoms with Crippen LogP contribution in [0.1, 0.15) is 5.56 Å². The molecule has 0 spiro atoms. The normalized spacial score (nSPS) is 13.7. The molecule has 2 heterocycles. The van der Waals surface area contributed by atoms with Gasteiger partial charge in [-0.1, -0.05) is 53.7 Å². The second kappa shape index (κ2) is 4.80. The van der Waals surface area contributed by atoms with Gasteiger partial charge in [-0.05, 0) is 12.0 Å². The van der Waals surface area contributed by atoms with E-state index in [1.54, 1.807) is 4.57 Å². The first-order valence-corrected chi connectivity index (χ1v) is 7.10. The highest BCUT2D eigenvalue weighted by atomic mass is 16.4. The summed E-state index contributed by atoms with van der Waals surface area (Å²) in [5.41, 5.74) is 3.01. The van der Waals surface area contributed by atoms with Crippen LogP contribution in [0, 0.1) is 0 Å². The summed E-state index contributed by atoms with van der Waals surface area (Å²) in [5, 5.41) is 13.2. The van der Waals surface area contributed by atoms with E-state index in [2.05, 4.69) is 10.1 Å². The SMILES string of the molecule is O=c1/c(=N/O)nc(-c2ccccc2)c2cccc3c2n1CC3. The van der Waals surface area contributed by atoms with Crippen LogP contribution < -0.4 is 11.0 Å². The van der Waals surface area contributed by atoms with E-state index >= 15 is 0 Å². The van der Waals surface area contributed by atoms with Crippen LogP contribution in [0.25, 0.3) is 22.2 Å². The summed E-state index contributed by atoms with van der Waals surface area (Å²) < 4.78 is 1.65. The van der Waals surface area contributed by atoms with Crippen LogP contribution in [0.2, 0.25) is 0 Å². The molecule has 0 saturated heterocycles. The fourth-order valence-corrected chi connectivity index (χ4v) is 3.07. The lowest BCUT2D eigenvalue weighted by atomic mass is 10.0. The number of benzene rings is 2. The first-order chi connectivity index (χ1) is 10.8. The van der Waals surface area contributed by atoms with Gasteiger partial charge < -0.3 is 9.77 Å². The number of aromatic nitrogens is 2. The van der Waals surface area contributed by atoms with Crippen molar-refractivity contribution in [1.29, 1.82) is 0 Å². The van der Waals surface area contributed by atoms with Crippen molar-refractivity contribution in [2.75, 3.05) is 0 Å². The van der Waals surface area contributed by atoms with E-state index in [0.29, 0.717) is 12.2 Å².